The summed E-state index contributed by atoms with van der Waals surface area (Å²) < 4.78 is 4.77. The molecule has 1 aromatic carbocycles. The number of methoxy groups -OCH3 is 1. The summed E-state index contributed by atoms with van der Waals surface area (Å²) in [6.07, 6.45) is 5.36. The number of aryl methyl sites for hydroxylation is 2. The molecule has 3 rings (SSSR count). The number of allylic oxidation sites excluding steroid dienone is 3. The molecule has 8 nitrogen and oxygen atoms in total. The van der Waals surface area contributed by atoms with Crippen molar-refractivity contribution in [3.05, 3.63) is 64.6 Å². The van der Waals surface area contributed by atoms with Crippen molar-refractivity contribution in [3.8, 4) is 11.3 Å². The van der Waals surface area contributed by atoms with Gasteiger partial charge in [0, 0.05) is 25.1 Å². The van der Waals surface area contributed by atoms with E-state index in [1.165, 1.54) is 7.11 Å². The third-order valence-electron chi connectivity index (χ3n) is 6.80. The maximum atomic E-state index is 12.9. The van der Waals surface area contributed by atoms with Crippen LogP contribution in [0.15, 0.2) is 42.0 Å². The van der Waals surface area contributed by atoms with Gasteiger partial charge < -0.3 is 15.4 Å². The van der Waals surface area contributed by atoms with E-state index < -0.39 is 5.91 Å². The standard InChI is InChI=1S/C29H35ClN4O4/c1-6-34(14-13-17(2)29(37)38-5)25(35)16-20-7-12-23(24(30)15-20)21-8-10-22(11-9-21)26-18(3)32-19(4)27(33-26)28(31)36/h7-12,17,24H,6,13-16H2,1-5H3,(H2,31,36). The van der Waals surface area contributed by atoms with Crippen LogP contribution in [0.4, 0.5) is 0 Å². The minimum absolute atomic E-state index is 0.0193. The van der Waals surface area contributed by atoms with Crippen molar-refractivity contribution < 1.29 is 19.1 Å². The molecular weight excluding hydrogens is 504 g/mol. The van der Waals surface area contributed by atoms with Gasteiger partial charge in [-0.2, -0.15) is 0 Å². The number of ether oxygens (including phenoxy) is 1. The van der Waals surface area contributed by atoms with Gasteiger partial charge in [-0.15, -0.1) is 11.6 Å². The second-order valence-corrected chi connectivity index (χ2v) is 10.0. The van der Waals surface area contributed by atoms with E-state index in [0.29, 0.717) is 49.4 Å². The van der Waals surface area contributed by atoms with Crippen LogP contribution in [0, 0.1) is 19.8 Å². The molecule has 2 amide bonds. The first-order valence-electron chi connectivity index (χ1n) is 12.7. The summed E-state index contributed by atoms with van der Waals surface area (Å²) in [5, 5.41) is -0.273. The zero-order valence-corrected chi connectivity index (χ0v) is 23.3. The molecule has 9 heteroatoms. The number of carbonyl (C=O) groups excluding carboxylic acids is 3. The Morgan fingerprint density at radius 1 is 1.11 bits per heavy atom. The lowest BCUT2D eigenvalue weighted by Gasteiger charge is -2.25. The molecule has 1 aliphatic carbocycles. The second kappa shape index (κ2) is 12.8. The van der Waals surface area contributed by atoms with Gasteiger partial charge >= 0.3 is 5.97 Å². The van der Waals surface area contributed by atoms with Crippen LogP contribution >= 0.6 is 11.6 Å². The van der Waals surface area contributed by atoms with Crippen LogP contribution in [0.1, 0.15) is 60.5 Å². The quantitative estimate of drug-likeness (QED) is 0.348. The van der Waals surface area contributed by atoms with Crippen molar-refractivity contribution in [1.29, 1.82) is 0 Å². The van der Waals surface area contributed by atoms with Crippen molar-refractivity contribution in [2.24, 2.45) is 11.7 Å². The summed E-state index contributed by atoms with van der Waals surface area (Å²) >= 11 is 6.76. The molecule has 1 heterocycles. The normalized spacial score (nSPS) is 15.8. The van der Waals surface area contributed by atoms with E-state index in [1.54, 1.807) is 18.7 Å². The molecule has 38 heavy (non-hydrogen) atoms. The van der Waals surface area contributed by atoms with Gasteiger partial charge in [0.2, 0.25) is 5.91 Å². The molecule has 2 N–H and O–H groups in total. The summed E-state index contributed by atoms with van der Waals surface area (Å²) in [5.41, 5.74) is 11.2. The molecule has 1 aliphatic rings. The van der Waals surface area contributed by atoms with Crippen molar-refractivity contribution in [1.82, 2.24) is 14.9 Å². The maximum Gasteiger partial charge on any atom is 0.308 e. The van der Waals surface area contributed by atoms with Gasteiger partial charge in [0.05, 0.1) is 35.5 Å². The Morgan fingerprint density at radius 3 is 2.34 bits per heavy atom. The largest absolute Gasteiger partial charge is 0.469 e. The second-order valence-electron chi connectivity index (χ2n) is 9.51. The fourth-order valence-electron chi connectivity index (χ4n) is 4.52. The highest BCUT2D eigenvalue weighted by atomic mass is 35.5. The number of aromatic nitrogens is 2. The topological polar surface area (TPSA) is 115 Å². The lowest BCUT2D eigenvalue weighted by molar-refractivity contribution is -0.145. The van der Waals surface area contributed by atoms with Gasteiger partial charge in [0.1, 0.15) is 5.69 Å². The molecule has 2 aromatic rings. The number of benzene rings is 1. The van der Waals surface area contributed by atoms with Crippen LogP contribution in [-0.2, 0) is 14.3 Å². The smallest absolute Gasteiger partial charge is 0.308 e. The molecule has 0 saturated heterocycles. The van der Waals surface area contributed by atoms with E-state index in [0.717, 1.165) is 22.3 Å². The number of halogens is 1. The summed E-state index contributed by atoms with van der Waals surface area (Å²) in [5.74, 6) is -1.11. The number of esters is 1. The van der Waals surface area contributed by atoms with E-state index in [-0.39, 0.29) is 28.9 Å². The van der Waals surface area contributed by atoms with Crippen LogP contribution in [0.25, 0.3) is 16.8 Å². The highest BCUT2D eigenvalue weighted by molar-refractivity contribution is 6.27. The first-order valence-corrected chi connectivity index (χ1v) is 13.1. The Balaban J connectivity index is 1.71. The number of hydrogen-bond donors (Lipinski definition) is 1. The van der Waals surface area contributed by atoms with Gasteiger partial charge in [0.15, 0.2) is 0 Å². The molecule has 2 unspecified atom stereocenters. The first kappa shape index (κ1) is 29.0. The molecule has 0 radical (unpaired) electrons. The van der Waals surface area contributed by atoms with E-state index in [9.17, 15) is 14.4 Å². The Bertz CT molecular complexity index is 1270. The SMILES string of the molecule is CCN(CCC(C)C(=O)OC)C(=O)CC1=CC=C(c2ccc(-c3nc(C(N)=O)c(C)nc3C)cc2)C(Cl)C1. The number of rotatable bonds is 10. The molecule has 0 aliphatic heterocycles. The van der Waals surface area contributed by atoms with Gasteiger partial charge in [-0.3, -0.25) is 19.4 Å². The zero-order valence-electron chi connectivity index (χ0n) is 22.6. The van der Waals surface area contributed by atoms with E-state index in [2.05, 4.69) is 9.97 Å². The van der Waals surface area contributed by atoms with Crippen molar-refractivity contribution >= 4 is 35.0 Å². The predicted octanol–water partition coefficient (Wildman–Crippen LogP) is 4.62. The molecule has 202 valence electrons. The molecule has 0 saturated carbocycles. The Kier molecular flexibility index (Phi) is 9.80. The zero-order chi connectivity index (χ0) is 28.0. The van der Waals surface area contributed by atoms with Crippen LogP contribution in [0.5, 0.6) is 0 Å². The predicted molar refractivity (Wildman–Crippen MR) is 148 cm³/mol. The fourth-order valence-corrected chi connectivity index (χ4v) is 4.92. The van der Waals surface area contributed by atoms with Crippen molar-refractivity contribution in [3.63, 3.8) is 0 Å². The molecule has 2 atom stereocenters. The molecule has 0 fully saturated rings. The summed E-state index contributed by atoms with van der Waals surface area (Å²) in [4.78, 5) is 46.9. The summed E-state index contributed by atoms with van der Waals surface area (Å²) in [6.45, 7) is 8.37. The number of nitrogens with zero attached hydrogens (tertiary/aromatic N) is 3. The molecule has 1 aromatic heterocycles. The number of amides is 2. The number of nitrogens with two attached hydrogens (primary N) is 1. The van der Waals surface area contributed by atoms with Crippen molar-refractivity contribution in [2.75, 3.05) is 20.2 Å². The number of primary amides is 1. The van der Waals surface area contributed by atoms with Crippen LogP contribution in [0.3, 0.4) is 0 Å². The fraction of sp³-hybridized carbons (Fsp3) is 0.414. The maximum absolute atomic E-state index is 12.9. The van der Waals surface area contributed by atoms with E-state index >= 15 is 0 Å². The highest BCUT2D eigenvalue weighted by Gasteiger charge is 2.23. The third kappa shape index (κ3) is 6.86. The average molecular weight is 539 g/mol. The van der Waals surface area contributed by atoms with E-state index in [4.69, 9.17) is 22.1 Å². The molecule has 0 bridgehead atoms. The van der Waals surface area contributed by atoms with Crippen LogP contribution < -0.4 is 5.73 Å². The summed E-state index contributed by atoms with van der Waals surface area (Å²) in [6, 6.07) is 7.78. The van der Waals surface area contributed by atoms with Gasteiger partial charge in [-0.1, -0.05) is 48.9 Å². The number of alkyl halides is 1. The third-order valence-corrected chi connectivity index (χ3v) is 7.18. The molecule has 0 spiro atoms. The van der Waals surface area contributed by atoms with E-state index in [1.807, 2.05) is 50.3 Å². The first-order chi connectivity index (χ1) is 18.0. The van der Waals surface area contributed by atoms with Crippen molar-refractivity contribution in [2.45, 2.75) is 52.3 Å². The number of carbonyl (C=O) groups is 3. The highest BCUT2D eigenvalue weighted by Crippen LogP contribution is 2.34. The Morgan fingerprint density at radius 2 is 1.76 bits per heavy atom. The Hall–Kier alpha value is -3.52. The minimum atomic E-state index is -0.607. The van der Waals surface area contributed by atoms with Gasteiger partial charge in [-0.05, 0) is 44.7 Å². The van der Waals surface area contributed by atoms with Crippen LogP contribution in [0.2, 0.25) is 0 Å². The average Bonchev–Trinajstić information content (AvgIpc) is 2.88. The van der Waals surface area contributed by atoms with Gasteiger partial charge in [-0.25, -0.2) is 4.98 Å². The number of hydrogen-bond acceptors (Lipinski definition) is 6. The summed E-state index contributed by atoms with van der Waals surface area (Å²) in [7, 11) is 1.37. The Labute approximate surface area is 228 Å². The minimum Gasteiger partial charge on any atom is -0.469 e. The van der Waals surface area contributed by atoms with Crippen LogP contribution in [-0.4, -0.2) is 58.2 Å². The molecular formula is C29H35ClN4O4. The lowest BCUT2D eigenvalue weighted by atomic mass is 9.90. The monoisotopic (exact) mass is 538 g/mol. The lowest BCUT2D eigenvalue weighted by Crippen LogP contribution is -2.33. The van der Waals surface area contributed by atoms with Gasteiger partial charge in [0.25, 0.3) is 5.91 Å².